The van der Waals surface area contributed by atoms with Crippen molar-refractivity contribution in [2.75, 3.05) is 26.0 Å². The van der Waals surface area contributed by atoms with Gasteiger partial charge in [0.15, 0.2) is 0 Å². The fraction of sp³-hybridized carbons (Fsp3) is 0.333. The number of hydrogen-bond acceptors (Lipinski definition) is 4. The van der Waals surface area contributed by atoms with Gasteiger partial charge in [-0.25, -0.2) is 9.78 Å². The standard InChI is InChI=1S/C21H21ClF3N5O2/c1-30-10-12(8-18(30)19-28-16-6-4-13(32-2)9-17(16)29-19)27-20(31)26-11-3-5-15(22)14(7-11)21(23,24)25/h3-7,9,12,18H,8,10H2,1-2H3,(H,28,29)(H2,26,27,31)/t12-,18-/m0/s1. The molecule has 0 aliphatic carbocycles. The van der Waals surface area contributed by atoms with Crippen LogP contribution >= 0.6 is 11.6 Å². The van der Waals surface area contributed by atoms with Crippen LogP contribution in [0.3, 0.4) is 0 Å². The van der Waals surface area contributed by atoms with E-state index >= 15 is 0 Å². The Balaban J connectivity index is 1.41. The lowest BCUT2D eigenvalue weighted by Gasteiger charge is -2.16. The number of urea groups is 1. The molecule has 1 aliphatic rings. The average molecular weight is 468 g/mol. The molecule has 3 N–H and O–H groups in total. The molecule has 2 atom stereocenters. The second kappa shape index (κ2) is 8.51. The molecule has 1 aliphatic heterocycles. The van der Waals surface area contributed by atoms with Crippen LogP contribution in [0.15, 0.2) is 36.4 Å². The predicted octanol–water partition coefficient (Wildman–Crippen LogP) is 4.81. The number of aromatic nitrogens is 2. The van der Waals surface area contributed by atoms with Gasteiger partial charge in [0.05, 0.1) is 34.8 Å². The van der Waals surface area contributed by atoms with Gasteiger partial charge in [-0.3, -0.25) is 4.90 Å². The minimum Gasteiger partial charge on any atom is -0.497 e. The van der Waals surface area contributed by atoms with Gasteiger partial charge in [0.1, 0.15) is 11.6 Å². The quantitative estimate of drug-likeness (QED) is 0.514. The Morgan fingerprint density at radius 1 is 1.28 bits per heavy atom. The number of anilines is 1. The maximum Gasteiger partial charge on any atom is 0.417 e. The molecule has 0 spiro atoms. The molecule has 0 saturated carbocycles. The van der Waals surface area contributed by atoms with Gasteiger partial charge < -0.3 is 20.4 Å². The summed E-state index contributed by atoms with van der Waals surface area (Å²) in [5, 5.41) is 4.84. The lowest BCUT2D eigenvalue weighted by atomic mass is 10.1. The van der Waals surface area contributed by atoms with Gasteiger partial charge in [0.25, 0.3) is 0 Å². The van der Waals surface area contributed by atoms with E-state index < -0.39 is 22.8 Å². The Labute approximate surface area is 186 Å². The van der Waals surface area contributed by atoms with Crippen molar-refractivity contribution in [2.45, 2.75) is 24.7 Å². The predicted molar refractivity (Wildman–Crippen MR) is 115 cm³/mol. The third kappa shape index (κ3) is 4.61. The minimum atomic E-state index is -4.61. The number of imidazole rings is 1. The van der Waals surface area contributed by atoms with E-state index in [0.29, 0.717) is 13.0 Å². The molecule has 170 valence electrons. The number of halogens is 4. The first-order chi connectivity index (χ1) is 15.1. The molecular weight excluding hydrogens is 447 g/mol. The highest BCUT2D eigenvalue weighted by Crippen LogP contribution is 2.36. The van der Waals surface area contributed by atoms with E-state index in [2.05, 4.69) is 25.5 Å². The molecule has 2 heterocycles. The molecule has 2 amide bonds. The van der Waals surface area contributed by atoms with Crippen molar-refractivity contribution in [2.24, 2.45) is 0 Å². The van der Waals surface area contributed by atoms with E-state index in [9.17, 15) is 18.0 Å². The lowest BCUT2D eigenvalue weighted by molar-refractivity contribution is -0.137. The minimum absolute atomic E-state index is 0.00774. The van der Waals surface area contributed by atoms with Gasteiger partial charge in [0.2, 0.25) is 0 Å². The number of H-pyrrole nitrogens is 1. The SMILES string of the molecule is COc1ccc2nc([C@@H]3C[C@H](NC(=O)Nc4ccc(Cl)c(C(F)(F)F)c4)CN3C)[nH]c2c1. The van der Waals surface area contributed by atoms with Crippen LogP contribution in [0.2, 0.25) is 5.02 Å². The van der Waals surface area contributed by atoms with Crippen molar-refractivity contribution >= 4 is 34.4 Å². The number of benzene rings is 2. The van der Waals surface area contributed by atoms with Crippen LogP contribution in [0.5, 0.6) is 5.75 Å². The van der Waals surface area contributed by atoms with E-state index in [-0.39, 0.29) is 17.8 Å². The van der Waals surface area contributed by atoms with Crippen molar-refractivity contribution in [3.63, 3.8) is 0 Å². The highest BCUT2D eigenvalue weighted by atomic mass is 35.5. The molecule has 4 rings (SSSR count). The summed E-state index contributed by atoms with van der Waals surface area (Å²) in [4.78, 5) is 22.4. The number of nitrogens with one attached hydrogen (secondary N) is 3. The maximum atomic E-state index is 13.0. The van der Waals surface area contributed by atoms with Gasteiger partial charge in [-0.15, -0.1) is 0 Å². The molecule has 7 nitrogen and oxygen atoms in total. The molecule has 0 bridgehead atoms. The summed E-state index contributed by atoms with van der Waals surface area (Å²) in [6.07, 6.45) is -4.02. The Kier molecular flexibility index (Phi) is 5.91. The number of nitrogens with zero attached hydrogens (tertiary/aromatic N) is 2. The van der Waals surface area contributed by atoms with Crippen molar-refractivity contribution in [3.05, 3.63) is 52.8 Å². The fourth-order valence-electron chi connectivity index (χ4n) is 3.89. The number of likely N-dealkylation sites (tertiary alicyclic amines) is 1. The van der Waals surface area contributed by atoms with Crippen LogP contribution in [-0.2, 0) is 6.18 Å². The third-order valence-corrected chi connectivity index (χ3v) is 5.77. The topological polar surface area (TPSA) is 82.3 Å². The maximum absolute atomic E-state index is 13.0. The zero-order valence-electron chi connectivity index (χ0n) is 17.3. The van der Waals surface area contributed by atoms with Crippen molar-refractivity contribution in [1.29, 1.82) is 0 Å². The molecule has 1 fully saturated rings. The molecule has 0 unspecified atom stereocenters. The molecule has 1 saturated heterocycles. The summed E-state index contributed by atoms with van der Waals surface area (Å²) in [6.45, 7) is 0.562. The first-order valence-corrected chi connectivity index (χ1v) is 10.2. The van der Waals surface area contributed by atoms with Crippen molar-refractivity contribution in [3.8, 4) is 5.75 Å². The largest absolute Gasteiger partial charge is 0.497 e. The summed E-state index contributed by atoms with van der Waals surface area (Å²) in [5.74, 6) is 1.49. The van der Waals surface area contributed by atoms with E-state index in [4.69, 9.17) is 16.3 Å². The number of methoxy groups -OCH3 is 1. The summed E-state index contributed by atoms with van der Waals surface area (Å²) in [7, 11) is 3.52. The van der Waals surface area contributed by atoms with Crippen LogP contribution in [0.25, 0.3) is 11.0 Å². The number of carbonyl (C=O) groups excluding carboxylic acids is 1. The first-order valence-electron chi connectivity index (χ1n) is 9.82. The summed E-state index contributed by atoms with van der Waals surface area (Å²) >= 11 is 5.62. The summed E-state index contributed by atoms with van der Waals surface area (Å²) in [6, 6.07) is 7.97. The number of amides is 2. The number of fused-ring (bicyclic) bond motifs is 1. The van der Waals surface area contributed by atoms with E-state index in [1.807, 2.05) is 25.2 Å². The average Bonchev–Trinajstić information content (AvgIpc) is 3.30. The summed E-state index contributed by atoms with van der Waals surface area (Å²) in [5.41, 5.74) is 0.671. The van der Waals surface area contributed by atoms with Gasteiger partial charge in [-0.2, -0.15) is 13.2 Å². The molecular formula is C21H21ClF3N5O2. The van der Waals surface area contributed by atoms with Gasteiger partial charge in [-0.05, 0) is 43.8 Å². The van der Waals surface area contributed by atoms with Crippen LogP contribution in [-0.4, -0.2) is 47.6 Å². The number of hydrogen-bond donors (Lipinski definition) is 3. The highest BCUT2D eigenvalue weighted by Gasteiger charge is 2.35. The molecule has 0 radical (unpaired) electrons. The van der Waals surface area contributed by atoms with E-state index in [0.717, 1.165) is 34.7 Å². The fourth-order valence-corrected chi connectivity index (χ4v) is 4.11. The number of carbonyl (C=O) groups is 1. The van der Waals surface area contributed by atoms with Crippen molar-refractivity contribution in [1.82, 2.24) is 20.2 Å². The molecule has 3 aromatic rings. The lowest BCUT2D eigenvalue weighted by Crippen LogP contribution is -2.39. The molecule has 2 aromatic carbocycles. The van der Waals surface area contributed by atoms with Crippen LogP contribution < -0.4 is 15.4 Å². The monoisotopic (exact) mass is 467 g/mol. The third-order valence-electron chi connectivity index (χ3n) is 5.44. The summed E-state index contributed by atoms with van der Waals surface area (Å²) < 4.78 is 44.3. The van der Waals surface area contributed by atoms with Gasteiger partial charge >= 0.3 is 12.2 Å². The number of ether oxygens (including phenoxy) is 1. The second-order valence-corrected chi connectivity index (χ2v) is 8.09. The highest BCUT2D eigenvalue weighted by molar-refractivity contribution is 6.31. The second-order valence-electron chi connectivity index (χ2n) is 7.68. The van der Waals surface area contributed by atoms with E-state index in [1.165, 1.54) is 6.07 Å². The number of likely N-dealkylation sites (N-methyl/N-ethyl adjacent to an activating group) is 1. The Morgan fingerprint density at radius 3 is 2.78 bits per heavy atom. The molecule has 11 heteroatoms. The Morgan fingerprint density at radius 2 is 2.06 bits per heavy atom. The molecule has 32 heavy (non-hydrogen) atoms. The number of rotatable bonds is 4. The van der Waals surface area contributed by atoms with Crippen LogP contribution in [0.1, 0.15) is 23.9 Å². The smallest absolute Gasteiger partial charge is 0.417 e. The normalized spacial score (nSPS) is 19.3. The molecule has 1 aromatic heterocycles. The van der Waals surface area contributed by atoms with Gasteiger partial charge in [0, 0.05) is 24.3 Å². The van der Waals surface area contributed by atoms with Crippen LogP contribution in [0, 0.1) is 0 Å². The first kappa shape index (κ1) is 22.2. The number of aromatic amines is 1. The Bertz CT molecular complexity index is 1150. The van der Waals surface area contributed by atoms with E-state index in [1.54, 1.807) is 7.11 Å². The zero-order chi connectivity index (χ0) is 23.0. The van der Waals surface area contributed by atoms with Crippen LogP contribution in [0.4, 0.5) is 23.7 Å². The van der Waals surface area contributed by atoms with Gasteiger partial charge in [-0.1, -0.05) is 11.6 Å². The number of alkyl halides is 3. The zero-order valence-corrected chi connectivity index (χ0v) is 18.0. The van der Waals surface area contributed by atoms with Crippen molar-refractivity contribution < 1.29 is 22.7 Å². The Hall–Kier alpha value is -2.98.